The summed E-state index contributed by atoms with van der Waals surface area (Å²) in [5.74, 6) is 1.26. The summed E-state index contributed by atoms with van der Waals surface area (Å²) in [6.07, 6.45) is 5.68. The number of hydrogen-bond acceptors (Lipinski definition) is 2. The van der Waals surface area contributed by atoms with Gasteiger partial charge < -0.3 is 9.64 Å². The lowest BCUT2D eigenvalue weighted by atomic mass is 9.90. The molecule has 1 aromatic rings. The Morgan fingerprint density at radius 2 is 2.04 bits per heavy atom. The summed E-state index contributed by atoms with van der Waals surface area (Å²) in [4.78, 5) is 14.3. The number of rotatable bonds is 5. The van der Waals surface area contributed by atoms with Gasteiger partial charge in [0, 0.05) is 32.7 Å². The zero-order valence-corrected chi connectivity index (χ0v) is 13.7. The van der Waals surface area contributed by atoms with Crippen LogP contribution in [-0.2, 0) is 16.0 Å². The first kappa shape index (κ1) is 16.4. The van der Waals surface area contributed by atoms with Gasteiger partial charge >= 0.3 is 0 Å². The van der Waals surface area contributed by atoms with E-state index in [4.69, 9.17) is 4.74 Å². The summed E-state index contributed by atoms with van der Waals surface area (Å²) in [6.45, 7) is 3.37. The highest BCUT2D eigenvalue weighted by Gasteiger charge is 2.24. The molecule has 23 heavy (non-hydrogen) atoms. The van der Waals surface area contributed by atoms with Gasteiger partial charge in [-0.15, -0.1) is 0 Å². The number of halogens is 1. The fourth-order valence-corrected chi connectivity index (χ4v) is 3.68. The molecular formula is C19H26FNO2. The van der Waals surface area contributed by atoms with Crippen molar-refractivity contribution in [2.45, 2.75) is 38.5 Å². The minimum atomic E-state index is -0.161. The predicted molar refractivity (Wildman–Crippen MR) is 87.6 cm³/mol. The molecule has 0 bridgehead atoms. The SMILES string of the molecule is O=C(CCC1CCOC1)N1CCC(Cc2cccc(F)c2)CC1. The number of carbonyl (C=O) groups excluding carboxylic acids is 1. The van der Waals surface area contributed by atoms with Gasteiger partial charge in [-0.05, 0) is 61.6 Å². The summed E-state index contributed by atoms with van der Waals surface area (Å²) in [6, 6.07) is 6.88. The molecular weight excluding hydrogens is 293 g/mol. The quantitative estimate of drug-likeness (QED) is 0.832. The van der Waals surface area contributed by atoms with Crippen molar-refractivity contribution in [1.29, 1.82) is 0 Å². The minimum Gasteiger partial charge on any atom is -0.381 e. The number of piperidine rings is 1. The van der Waals surface area contributed by atoms with Crippen LogP contribution in [0.2, 0.25) is 0 Å². The molecule has 2 fully saturated rings. The standard InChI is InChI=1S/C19H26FNO2/c20-18-3-1-2-17(13-18)12-15-6-9-21(10-7-15)19(22)5-4-16-8-11-23-14-16/h1-3,13,15-16H,4-12,14H2. The molecule has 1 aromatic carbocycles. The van der Waals surface area contributed by atoms with Crippen LogP contribution in [0.3, 0.4) is 0 Å². The number of hydrogen-bond donors (Lipinski definition) is 0. The molecule has 0 N–H and O–H groups in total. The Kier molecular flexibility index (Phi) is 5.65. The van der Waals surface area contributed by atoms with Crippen molar-refractivity contribution in [3.63, 3.8) is 0 Å². The van der Waals surface area contributed by atoms with Gasteiger partial charge in [0.25, 0.3) is 0 Å². The fourth-order valence-electron chi connectivity index (χ4n) is 3.68. The number of benzene rings is 1. The van der Waals surface area contributed by atoms with Crippen LogP contribution in [-0.4, -0.2) is 37.1 Å². The van der Waals surface area contributed by atoms with Crippen molar-refractivity contribution in [3.05, 3.63) is 35.6 Å². The fraction of sp³-hybridized carbons (Fsp3) is 0.632. The van der Waals surface area contributed by atoms with E-state index in [0.717, 1.165) is 64.0 Å². The lowest BCUT2D eigenvalue weighted by Crippen LogP contribution is -2.39. The second-order valence-electron chi connectivity index (χ2n) is 6.93. The van der Waals surface area contributed by atoms with Crippen LogP contribution in [0.25, 0.3) is 0 Å². The normalized spacial score (nSPS) is 22.5. The van der Waals surface area contributed by atoms with Crippen LogP contribution in [0.4, 0.5) is 4.39 Å². The topological polar surface area (TPSA) is 29.5 Å². The summed E-state index contributed by atoms with van der Waals surface area (Å²) < 4.78 is 18.6. The molecule has 0 aliphatic carbocycles. The molecule has 2 aliphatic heterocycles. The van der Waals surface area contributed by atoms with Crippen molar-refractivity contribution >= 4 is 5.91 Å². The zero-order chi connectivity index (χ0) is 16.1. The smallest absolute Gasteiger partial charge is 0.222 e. The minimum absolute atomic E-state index is 0.161. The van der Waals surface area contributed by atoms with E-state index >= 15 is 0 Å². The van der Waals surface area contributed by atoms with E-state index in [0.29, 0.717) is 24.2 Å². The number of likely N-dealkylation sites (tertiary alicyclic amines) is 1. The first-order chi connectivity index (χ1) is 11.2. The zero-order valence-electron chi connectivity index (χ0n) is 13.7. The molecule has 1 atom stereocenters. The number of carbonyl (C=O) groups is 1. The molecule has 2 aliphatic rings. The summed E-state index contributed by atoms with van der Waals surface area (Å²) in [5, 5.41) is 0. The van der Waals surface area contributed by atoms with Crippen LogP contribution in [0.5, 0.6) is 0 Å². The van der Waals surface area contributed by atoms with Crippen molar-refractivity contribution in [2.75, 3.05) is 26.3 Å². The summed E-state index contributed by atoms with van der Waals surface area (Å²) in [7, 11) is 0. The third kappa shape index (κ3) is 4.77. The summed E-state index contributed by atoms with van der Waals surface area (Å²) in [5.41, 5.74) is 1.07. The van der Waals surface area contributed by atoms with Crippen molar-refractivity contribution in [3.8, 4) is 0 Å². The number of ether oxygens (including phenoxy) is 1. The molecule has 3 nitrogen and oxygen atoms in total. The molecule has 3 rings (SSSR count). The molecule has 1 amide bonds. The van der Waals surface area contributed by atoms with Crippen LogP contribution in [0.1, 0.15) is 37.7 Å². The second kappa shape index (κ2) is 7.91. The van der Waals surface area contributed by atoms with Gasteiger partial charge in [0.05, 0.1) is 0 Å². The van der Waals surface area contributed by atoms with Crippen LogP contribution in [0.15, 0.2) is 24.3 Å². The first-order valence-corrected chi connectivity index (χ1v) is 8.80. The molecule has 126 valence electrons. The van der Waals surface area contributed by atoms with Gasteiger partial charge in [-0.25, -0.2) is 4.39 Å². The highest BCUT2D eigenvalue weighted by atomic mass is 19.1. The predicted octanol–water partition coefficient (Wildman–Crippen LogP) is 3.42. The van der Waals surface area contributed by atoms with E-state index in [1.807, 2.05) is 11.0 Å². The average molecular weight is 319 g/mol. The molecule has 0 saturated carbocycles. The molecule has 0 spiro atoms. The largest absolute Gasteiger partial charge is 0.381 e. The first-order valence-electron chi connectivity index (χ1n) is 8.80. The molecule has 2 heterocycles. The molecule has 2 saturated heterocycles. The highest BCUT2D eigenvalue weighted by molar-refractivity contribution is 5.76. The Bertz CT molecular complexity index is 520. The van der Waals surface area contributed by atoms with E-state index < -0.39 is 0 Å². The van der Waals surface area contributed by atoms with Gasteiger partial charge in [0.15, 0.2) is 0 Å². The van der Waals surface area contributed by atoms with E-state index in [2.05, 4.69) is 0 Å². The number of nitrogens with zero attached hydrogens (tertiary/aromatic N) is 1. The monoisotopic (exact) mass is 319 g/mol. The van der Waals surface area contributed by atoms with E-state index in [-0.39, 0.29) is 5.82 Å². The maximum Gasteiger partial charge on any atom is 0.222 e. The Morgan fingerprint density at radius 1 is 1.22 bits per heavy atom. The highest BCUT2D eigenvalue weighted by Crippen LogP contribution is 2.24. The second-order valence-corrected chi connectivity index (χ2v) is 6.93. The maximum absolute atomic E-state index is 13.2. The van der Waals surface area contributed by atoms with Gasteiger partial charge in [0.1, 0.15) is 5.82 Å². The van der Waals surface area contributed by atoms with Crippen molar-refractivity contribution < 1.29 is 13.9 Å². The number of amides is 1. The Hall–Kier alpha value is -1.42. The third-order valence-corrected chi connectivity index (χ3v) is 5.17. The molecule has 4 heteroatoms. The van der Waals surface area contributed by atoms with E-state index in [1.54, 1.807) is 12.1 Å². The van der Waals surface area contributed by atoms with Gasteiger partial charge in [-0.3, -0.25) is 4.79 Å². The molecule has 0 radical (unpaired) electrons. The summed E-state index contributed by atoms with van der Waals surface area (Å²) >= 11 is 0. The Morgan fingerprint density at radius 3 is 2.74 bits per heavy atom. The van der Waals surface area contributed by atoms with Crippen molar-refractivity contribution in [2.24, 2.45) is 11.8 Å². The lowest BCUT2D eigenvalue weighted by molar-refractivity contribution is -0.132. The Labute approximate surface area is 137 Å². The van der Waals surface area contributed by atoms with E-state index in [1.165, 1.54) is 6.07 Å². The van der Waals surface area contributed by atoms with Gasteiger partial charge in [-0.2, -0.15) is 0 Å². The van der Waals surface area contributed by atoms with Crippen LogP contribution < -0.4 is 0 Å². The van der Waals surface area contributed by atoms with Crippen LogP contribution in [0, 0.1) is 17.7 Å². The lowest BCUT2D eigenvalue weighted by Gasteiger charge is -2.32. The Balaban J connectivity index is 1.40. The maximum atomic E-state index is 13.2. The molecule has 1 unspecified atom stereocenters. The van der Waals surface area contributed by atoms with Crippen LogP contribution >= 0.6 is 0 Å². The van der Waals surface area contributed by atoms with Crippen molar-refractivity contribution in [1.82, 2.24) is 4.90 Å². The third-order valence-electron chi connectivity index (χ3n) is 5.17. The van der Waals surface area contributed by atoms with Gasteiger partial charge in [0.2, 0.25) is 5.91 Å². The van der Waals surface area contributed by atoms with E-state index in [9.17, 15) is 9.18 Å². The average Bonchev–Trinajstić information content (AvgIpc) is 3.07. The molecule has 0 aromatic heterocycles. The van der Waals surface area contributed by atoms with Gasteiger partial charge in [-0.1, -0.05) is 12.1 Å².